The van der Waals surface area contributed by atoms with Gasteiger partial charge in [0.1, 0.15) is 36.9 Å². The number of anilines is 1. The van der Waals surface area contributed by atoms with Gasteiger partial charge >= 0.3 is 0 Å². The van der Waals surface area contributed by atoms with Gasteiger partial charge in [0.25, 0.3) is 11.8 Å². The van der Waals surface area contributed by atoms with Crippen LogP contribution in [0.1, 0.15) is 31.8 Å². The number of amides is 2. The van der Waals surface area contributed by atoms with E-state index < -0.39 is 0 Å². The fraction of sp³-hybridized carbons (Fsp3) is 0.364. The molecule has 3 aliphatic rings. The average molecular weight is 395 g/mol. The van der Waals surface area contributed by atoms with Crippen molar-refractivity contribution in [2.45, 2.75) is 26.1 Å². The van der Waals surface area contributed by atoms with Crippen LogP contribution in [0.3, 0.4) is 0 Å². The number of hydrogen-bond donors (Lipinski definition) is 0. The molecule has 7 heteroatoms. The predicted octanol–water partition coefficient (Wildman–Crippen LogP) is 2.66. The van der Waals surface area contributed by atoms with E-state index in [1.54, 1.807) is 18.2 Å². The highest BCUT2D eigenvalue weighted by Gasteiger charge is 2.38. The number of aryl methyl sites for hydroxylation is 2. The first kappa shape index (κ1) is 18.1. The lowest BCUT2D eigenvalue weighted by atomic mass is 10.1. The lowest BCUT2D eigenvalue weighted by Gasteiger charge is -2.20. The maximum atomic E-state index is 13.1. The van der Waals surface area contributed by atoms with Crippen LogP contribution in [-0.2, 0) is 9.47 Å². The molecule has 2 saturated heterocycles. The average Bonchev–Trinajstić information content (AvgIpc) is 3.61. The van der Waals surface area contributed by atoms with Crippen LogP contribution < -0.4 is 14.4 Å². The lowest BCUT2D eigenvalue weighted by Crippen LogP contribution is -2.30. The Balaban J connectivity index is 1.41. The fourth-order valence-electron chi connectivity index (χ4n) is 3.57. The largest absolute Gasteiger partial charge is 0.491 e. The van der Waals surface area contributed by atoms with Crippen molar-refractivity contribution >= 4 is 17.5 Å². The number of epoxide rings is 2. The Labute approximate surface area is 168 Å². The van der Waals surface area contributed by atoms with Crippen LogP contribution in [-0.4, -0.2) is 50.4 Å². The molecule has 2 unspecified atom stereocenters. The number of carbonyl (C=O) groups excluding carboxylic acids is 2. The molecule has 5 rings (SSSR count). The second kappa shape index (κ2) is 6.86. The predicted molar refractivity (Wildman–Crippen MR) is 104 cm³/mol. The summed E-state index contributed by atoms with van der Waals surface area (Å²) in [6.45, 7) is 6.11. The smallest absolute Gasteiger partial charge is 0.266 e. The number of fused-ring (bicyclic) bond motifs is 1. The highest BCUT2D eigenvalue weighted by atomic mass is 16.6. The molecule has 0 saturated carbocycles. The molecule has 3 aliphatic heterocycles. The molecule has 2 atom stereocenters. The summed E-state index contributed by atoms with van der Waals surface area (Å²) in [6, 6.07) is 8.69. The van der Waals surface area contributed by atoms with E-state index in [-0.39, 0.29) is 24.0 Å². The topological polar surface area (TPSA) is 80.9 Å². The van der Waals surface area contributed by atoms with Gasteiger partial charge in [0, 0.05) is 0 Å². The fourth-order valence-corrected chi connectivity index (χ4v) is 3.57. The first-order valence-corrected chi connectivity index (χ1v) is 9.64. The van der Waals surface area contributed by atoms with Crippen molar-refractivity contribution in [2.75, 3.05) is 31.3 Å². The molecule has 29 heavy (non-hydrogen) atoms. The number of imide groups is 1. The van der Waals surface area contributed by atoms with Crippen LogP contribution in [0.4, 0.5) is 5.69 Å². The normalized spacial score (nSPS) is 21.9. The van der Waals surface area contributed by atoms with Gasteiger partial charge in [-0.1, -0.05) is 0 Å². The van der Waals surface area contributed by atoms with E-state index >= 15 is 0 Å². The molecule has 2 aromatic rings. The standard InChI is InChI=1S/C22H21NO6/c1-12-5-15(27-9-17-11-29-17)6-13(2)20(12)23-21(24)18-4-3-14(7-19(18)22(23)25)26-8-16-10-28-16/h3-7,16-17H,8-11H2,1-2H3. The Morgan fingerprint density at radius 1 is 0.862 bits per heavy atom. The molecule has 0 aliphatic carbocycles. The Morgan fingerprint density at radius 3 is 2.00 bits per heavy atom. The monoisotopic (exact) mass is 395 g/mol. The third kappa shape index (κ3) is 3.47. The summed E-state index contributed by atoms with van der Waals surface area (Å²) >= 11 is 0. The Kier molecular flexibility index (Phi) is 4.29. The van der Waals surface area contributed by atoms with Gasteiger partial charge in [-0.25, -0.2) is 4.90 Å². The molecule has 0 spiro atoms. The van der Waals surface area contributed by atoms with E-state index in [0.717, 1.165) is 17.7 Å². The van der Waals surface area contributed by atoms with E-state index in [0.29, 0.717) is 48.1 Å². The number of nitrogens with zero attached hydrogens (tertiary/aromatic N) is 1. The van der Waals surface area contributed by atoms with Gasteiger partial charge in [-0.3, -0.25) is 9.59 Å². The minimum absolute atomic E-state index is 0.120. The summed E-state index contributed by atoms with van der Waals surface area (Å²) in [6.07, 6.45) is 0.281. The molecular weight excluding hydrogens is 374 g/mol. The van der Waals surface area contributed by atoms with Crippen molar-refractivity contribution in [3.05, 3.63) is 52.6 Å². The van der Waals surface area contributed by atoms with Crippen LogP contribution in [0, 0.1) is 13.8 Å². The number of ether oxygens (including phenoxy) is 4. The number of rotatable bonds is 7. The number of benzene rings is 2. The summed E-state index contributed by atoms with van der Waals surface area (Å²) in [7, 11) is 0. The summed E-state index contributed by atoms with van der Waals surface area (Å²) in [4.78, 5) is 27.4. The number of hydrogen-bond acceptors (Lipinski definition) is 6. The maximum absolute atomic E-state index is 13.1. The Bertz CT molecular complexity index is 985. The van der Waals surface area contributed by atoms with Gasteiger partial charge in [0.15, 0.2) is 0 Å². The molecule has 150 valence electrons. The zero-order chi connectivity index (χ0) is 20.1. The Hall–Kier alpha value is -2.90. The van der Waals surface area contributed by atoms with Gasteiger partial charge in [0.05, 0.1) is 30.0 Å². The molecule has 2 fully saturated rings. The Morgan fingerprint density at radius 2 is 1.41 bits per heavy atom. The van der Waals surface area contributed by atoms with E-state index in [4.69, 9.17) is 18.9 Å². The van der Waals surface area contributed by atoms with E-state index in [1.807, 2.05) is 26.0 Å². The lowest BCUT2D eigenvalue weighted by molar-refractivity contribution is 0.0925. The van der Waals surface area contributed by atoms with Crippen molar-refractivity contribution < 1.29 is 28.5 Å². The van der Waals surface area contributed by atoms with Gasteiger partial charge in [-0.2, -0.15) is 0 Å². The zero-order valence-corrected chi connectivity index (χ0v) is 16.3. The first-order valence-electron chi connectivity index (χ1n) is 9.64. The molecule has 0 N–H and O–H groups in total. The van der Waals surface area contributed by atoms with Crippen LogP contribution >= 0.6 is 0 Å². The number of carbonyl (C=O) groups is 2. The van der Waals surface area contributed by atoms with Gasteiger partial charge < -0.3 is 18.9 Å². The second-order valence-electron chi connectivity index (χ2n) is 7.59. The van der Waals surface area contributed by atoms with Crippen molar-refractivity contribution in [1.82, 2.24) is 0 Å². The van der Waals surface area contributed by atoms with Crippen LogP contribution in [0.15, 0.2) is 30.3 Å². The van der Waals surface area contributed by atoms with Crippen molar-refractivity contribution in [3.8, 4) is 11.5 Å². The molecule has 2 amide bonds. The van der Waals surface area contributed by atoms with Crippen molar-refractivity contribution in [3.63, 3.8) is 0 Å². The van der Waals surface area contributed by atoms with Crippen LogP contribution in [0.2, 0.25) is 0 Å². The maximum Gasteiger partial charge on any atom is 0.266 e. The minimum Gasteiger partial charge on any atom is -0.491 e. The molecule has 7 nitrogen and oxygen atoms in total. The van der Waals surface area contributed by atoms with E-state index in [2.05, 4.69) is 0 Å². The first-order chi connectivity index (χ1) is 14.0. The quantitative estimate of drug-likeness (QED) is 0.530. The molecule has 3 heterocycles. The summed E-state index contributed by atoms with van der Waals surface area (Å²) in [5.74, 6) is 0.591. The van der Waals surface area contributed by atoms with Crippen molar-refractivity contribution in [1.29, 1.82) is 0 Å². The SMILES string of the molecule is Cc1cc(OCC2CO2)cc(C)c1N1C(=O)c2ccc(OCC3CO3)cc2C1=O. The molecule has 0 radical (unpaired) electrons. The van der Waals surface area contributed by atoms with Crippen LogP contribution in [0.5, 0.6) is 11.5 Å². The van der Waals surface area contributed by atoms with Crippen molar-refractivity contribution in [2.24, 2.45) is 0 Å². The van der Waals surface area contributed by atoms with E-state index in [1.165, 1.54) is 4.90 Å². The van der Waals surface area contributed by atoms with E-state index in [9.17, 15) is 9.59 Å². The highest BCUT2D eigenvalue weighted by Crippen LogP contribution is 2.36. The summed E-state index contributed by atoms with van der Waals surface area (Å²) in [5.41, 5.74) is 2.94. The van der Waals surface area contributed by atoms with Gasteiger partial charge in [-0.05, 0) is 55.3 Å². The molecule has 0 aromatic heterocycles. The highest BCUT2D eigenvalue weighted by molar-refractivity contribution is 6.35. The minimum atomic E-state index is -0.343. The third-order valence-electron chi connectivity index (χ3n) is 5.22. The molecule has 2 aromatic carbocycles. The summed E-state index contributed by atoms with van der Waals surface area (Å²) < 4.78 is 21.7. The molecular formula is C22H21NO6. The second-order valence-corrected chi connectivity index (χ2v) is 7.59. The van der Waals surface area contributed by atoms with Gasteiger partial charge in [-0.15, -0.1) is 0 Å². The van der Waals surface area contributed by atoms with Crippen LogP contribution in [0.25, 0.3) is 0 Å². The molecule has 0 bridgehead atoms. The van der Waals surface area contributed by atoms with Gasteiger partial charge in [0.2, 0.25) is 0 Å². The third-order valence-corrected chi connectivity index (χ3v) is 5.22. The summed E-state index contributed by atoms with van der Waals surface area (Å²) in [5, 5.41) is 0. The zero-order valence-electron chi connectivity index (χ0n) is 16.3.